The highest BCUT2D eigenvalue weighted by Crippen LogP contribution is 2.10. The van der Waals surface area contributed by atoms with Crippen molar-refractivity contribution >= 4 is 23.3 Å². The van der Waals surface area contributed by atoms with E-state index in [9.17, 15) is 9.59 Å². The highest BCUT2D eigenvalue weighted by atomic mass is 32.1. The maximum atomic E-state index is 12.8. The molecule has 2 heterocycles. The van der Waals surface area contributed by atoms with E-state index in [4.69, 9.17) is 0 Å². The number of carbonyl (C=O) groups is 2. The predicted octanol–water partition coefficient (Wildman–Crippen LogP) is -0.772. The zero-order chi connectivity index (χ0) is 18.4. The Morgan fingerprint density at radius 3 is 2.42 bits per heavy atom. The van der Waals surface area contributed by atoms with E-state index in [2.05, 4.69) is 28.1 Å². The summed E-state index contributed by atoms with van der Waals surface area (Å²) in [6, 6.07) is 13.2. The summed E-state index contributed by atoms with van der Waals surface area (Å²) in [5, 5.41) is 7.03. The van der Waals surface area contributed by atoms with Crippen molar-refractivity contribution in [3.8, 4) is 0 Å². The van der Waals surface area contributed by atoms with Gasteiger partial charge in [-0.2, -0.15) is 0 Å². The van der Waals surface area contributed by atoms with Crippen LogP contribution in [0.3, 0.4) is 0 Å². The lowest BCUT2D eigenvalue weighted by molar-refractivity contribution is -1.03. The van der Waals surface area contributed by atoms with E-state index in [1.807, 2.05) is 30.3 Å². The number of hydrogen-bond donors (Lipinski definition) is 4. The van der Waals surface area contributed by atoms with E-state index in [-0.39, 0.29) is 11.9 Å². The molecule has 3 rings (SSSR count). The third-order valence-electron chi connectivity index (χ3n) is 4.87. The molecule has 0 unspecified atom stereocenters. The van der Waals surface area contributed by atoms with Gasteiger partial charge in [-0.05, 0) is 11.4 Å². The molecule has 0 saturated carbocycles. The van der Waals surface area contributed by atoms with Gasteiger partial charge in [-0.15, -0.1) is 11.3 Å². The third kappa shape index (κ3) is 4.69. The van der Waals surface area contributed by atoms with Crippen LogP contribution in [0.2, 0.25) is 0 Å². The van der Waals surface area contributed by atoms with E-state index in [0.29, 0.717) is 0 Å². The molecule has 1 fully saturated rings. The minimum Gasteiger partial charge on any atom is -0.341 e. The molecule has 1 aliphatic rings. The van der Waals surface area contributed by atoms with E-state index in [1.165, 1.54) is 16.8 Å². The number of rotatable bonds is 5. The van der Waals surface area contributed by atoms with Crippen molar-refractivity contribution in [2.75, 3.05) is 33.2 Å². The number of quaternary nitrogens is 2. The van der Waals surface area contributed by atoms with Crippen LogP contribution in [-0.2, 0) is 11.3 Å². The summed E-state index contributed by atoms with van der Waals surface area (Å²) in [5.74, 6) is -0.243. The second-order valence-corrected chi connectivity index (χ2v) is 7.61. The predicted molar refractivity (Wildman–Crippen MR) is 101 cm³/mol. The molecule has 0 radical (unpaired) electrons. The minimum absolute atomic E-state index is 0.243. The molecule has 7 heteroatoms. The maximum absolute atomic E-state index is 12.8. The summed E-state index contributed by atoms with van der Waals surface area (Å²) in [7, 11) is 1.51. The van der Waals surface area contributed by atoms with Crippen molar-refractivity contribution in [2.45, 2.75) is 12.6 Å². The molecule has 0 spiro atoms. The van der Waals surface area contributed by atoms with E-state index in [0.717, 1.165) is 38.3 Å². The van der Waals surface area contributed by atoms with Crippen molar-refractivity contribution in [3.63, 3.8) is 0 Å². The van der Waals surface area contributed by atoms with Crippen LogP contribution in [0.1, 0.15) is 16.5 Å². The summed E-state index contributed by atoms with van der Waals surface area (Å²) in [5.41, 5.74) is 0.950. The number of amides is 3. The first-order valence-electron chi connectivity index (χ1n) is 8.95. The maximum Gasteiger partial charge on any atom is 0.321 e. The average molecular weight is 375 g/mol. The number of hydrogen-bond acceptors (Lipinski definition) is 3. The number of piperazine rings is 1. The molecule has 3 amide bonds. The number of benzene rings is 1. The highest BCUT2D eigenvalue weighted by Gasteiger charge is 2.36. The van der Waals surface area contributed by atoms with Gasteiger partial charge in [-0.1, -0.05) is 36.4 Å². The number of nitrogens with one attached hydrogen (secondary N) is 4. The van der Waals surface area contributed by atoms with Gasteiger partial charge in [0.05, 0.1) is 4.88 Å². The smallest absolute Gasteiger partial charge is 0.321 e. The quantitative estimate of drug-likeness (QED) is 0.555. The molecule has 26 heavy (non-hydrogen) atoms. The lowest BCUT2D eigenvalue weighted by Gasteiger charge is -2.33. The number of imide groups is 1. The molecule has 1 aromatic carbocycles. The van der Waals surface area contributed by atoms with Crippen LogP contribution < -0.4 is 20.4 Å². The summed E-state index contributed by atoms with van der Waals surface area (Å²) < 4.78 is 0. The first-order chi connectivity index (χ1) is 12.7. The molecular formula is C19H26N4O2S+2. The fourth-order valence-electron chi connectivity index (χ4n) is 3.51. The Balaban J connectivity index is 1.67. The standard InChI is InChI=1S/C19H24N4O2S/c1-20-19(25)21-18(24)17(15-6-3-2-4-7-15)23-11-9-22(10-12-23)14-16-8-5-13-26-16/h2-8,13,17H,9-12,14H2,1H3,(H2,20,21,24,25)/p+2/t17-/m1/s1. The Morgan fingerprint density at radius 2 is 1.81 bits per heavy atom. The van der Waals surface area contributed by atoms with Crippen molar-refractivity contribution in [3.05, 3.63) is 58.3 Å². The first kappa shape index (κ1) is 18.6. The second kappa shape index (κ2) is 8.93. The largest absolute Gasteiger partial charge is 0.341 e. The number of carbonyl (C=O) groups excluding carboxylic acids is 2. The summed E-state index contributed by atoms with van der Waals surface area (Å²) in [4.78, 5) is 28.5. The van der Waals surface area contributed by atoms with Crippen LogP contribution in [0.25, 0.3) is 0 Å². The van der Waals surface area contributed by atoms with Crippen LogP contribution in [0.5, 0.6) is 0 Å². The molecule has 1 saturated heterocycles. The first-order valence-corrected chi connectivity index (χ1v) is 9.83. The van der Waals surface area contributed by atoms with Gasteiger partial charge in [0.1, 0.15) is 32.7 Å². The monoisotopic (exact) mass is 374 g/mol. The molecular weight excluding hydrogens is 348 g/mol. The topological polar surface area (TPSA) is 67.1 Å². The summed E-state index contributed by atoms with van der Waals surface area (Å²) in [6.07, 6.45) is 0. The van der Waals surface area contributed by atoms with Crippen LogP contribution in [0.15, 0.2) is 47.8 Å². The van der Waals surface area contributed by atoms with Gasteiger partial charge < -0.3 is 15.1 Å². The van der Waals surface area contributed by atoms with Crippen molar-refractivity contribution in [1.82, 2.24) is 10.6 Å². The van der Waals surface area contributed by atoms with E-state index >= 15 is 0 Å². The van der Waals surface area contributed by atoms with Crippen LogP contribution in [0.4, 0.5) is 4.79 Å². The summed E-state index contributed by atoms with van der Waals surface area (Å²) in [6.45, 7) is 4.89. The number of urea groups is 1. The van der Waals surface area contributed by atoms with Gasteiger partial charge in [0.2, 0.25) is 0 Å². The SMILES string of the molecule is CNC(=O)NC(=O)[C@@H](c1ccccc1)[NH+]1CC[NH+](Cc2cccs2)CC1. The molecule has 4 N–H and O–H groups in total. The average Bonchev–Trinajstić information content (AvgIpc) is 3.17. The minimum atomic E-state index is -0.461. The van der Waals surface area contributed by atoms with Crippen LogP contribution in [0, 0.1) is 0 Å². The van der Waals surface area contributed by atoms with Crippen LogP contribution >= 0.6 is 11.3 Å². The van der Waals surface area contributed by atoms with Gasteiger partial charge >= 0.3 is 6.03 Å². The molecule has 2 aromatic rings. The molecule has 1 aliphatic heterocycles. The molecule has 0 bridgehead atoms. The fraction of sp³-hybridized carbons (Fsp3) is 0.368. The molecule has 0 aliphatic carbocycles. The lowest BCUT2D eigenvalue weighted by atomic mass is 10.0. The second-order valence-electron chi connectivity index (χ2n) is 6.58. The van der Waals surface area contributed by atoms with Crippen molar-refractivity contribution in [2.24, 2.45) is 0 Å². The molecule has 6 nitrogen and oxygen atoms in total. The summed E-state index contributed by atoms with van der Waals surface area (Å²) >= 11 is 1.80. The Bertz CT molecular complexity index is 712. The van der Waals surface area contributed by atoms with Crippen molar-refractivity contribution in [1.29, 1.82) is 0 Å². The van der Waals surface area contributed by atoms with Gasteiger partial charge in [0, 0.05) is 12.6 Å². The Morgan fingerprint density at radius 1 is 1.08 bits per heavy atom. The van der Waals surface area contributed by atoms with Gasteiger partial charge in [0.15, 0.2) is 6.04 Å². The van der Waals surface area contributed by atoms with E-state index < -0.39 is 6.03 Å². The zero-order valence-corrected chi connectivity index (χ0v) is 15.8. The number of thiophene rings is 1. The zero-order valence-electron chi connectivity index (χ0n) is 15.0. The fourth-order valence-corrected chi connectivity index (χ4v) is 4.29. The molecule has 1 aromatic heterocycles. The van der Waals surface area contributed by atoms with Crippen molar-refractivity contribution < 1.29 is 19.4 Å². The highest BCUT2D eigenvalue weighted by molar-refractivity contribution is 7.09. The normalized spacial score (nSPS) is 21.0. The Hall–Kier alpha value is -2.22. The Labute approximate surface area is 157 Å². The van der Waals surface area contributed by atoms with Gasteiger partial charge in [-0.3, -0.25) is 10.1 Å². The van der Waals surface area contributed by atoms with E-state index in [1.54, 1.807) is 16.2 Å². The third-order valence-corrected chi connectivity index (χ3v) is 5.75. The van der Waals surface area contributed by atoms with Gasteiger partial charge in [0.25, 0.3) is 5.91 Å². The van der Waals surface area contributed by atoms with Crippen LogP contribution in [-0.4, -0.2) is 45.2 Å². The van der Waals surface area contributed by atoms with Gasteiger partial charge in [-0.25, -0.2) is 4.79 Å². The molecule has 1 atom stereocenters. The Kier molecular flexibility index (Phi) is 6.38. The molecule has 138 valence electrons. The lowest BCUT2D eigenvalue weighted by Crippen LogP contribution is -3.28.